The van der Waals surface area contributed by atoms with Crippen LogP contribution < -0.4 is 16.4 Å². The number of anilines is 2. The van der Waals surface area contributed by atoms with E-state index >= 15 is 0 Å². The van der Waals surface area contributed by atoms with E-state index in [2.05, 4.69) is 10.6 Å². The van der Waals surface area contributed by atoms with Crippen molar-refractivity contribution in [2.45, 2.75) is 38.6 Å². The number of benzene rings is 2. The second kappa shape index (κ2) is 10.8. The first-order valence-electron chi connectivity index (χ1n) is 9.82. The van der Waals surface area contributed by atoms with Crippen LogP contribution in [0.5, 0.6) is 0 Å². The summed E-state index contributed by atoms with van der Waals surface area (Å²) in [5.41, 5.74) is 9.28. The lowest BCUT2D eigenvalue weighted by Crippen LogP contribution is -2.35. The van der Waals surface area contributed by atoms with Crippen LogP contribution in [0.25, 0.3) is 0 Å². The van der Waals surface area contributed by atoms with Crippen molar-refractivity contribution in [3.05, 3.63) is 59.7 Å². The fourth-order valence-corrected chi connectivity index (χ4v) is 3.26. The van der Waals surface area contributed by atoms with Crippen molar-refractivity contribution in [1.82, 2.24) is 4.90 Å². The Labute approximate surface area is 178 Å². The Hall–Kier alpha value is -2.57. The molecule has 0 bridgehead atoms. The first kappa shape index (κ1) is 22.7. The zero-order valence-electron chi connectivity index (χ0n) is 16.7. The van der Waals surface area contributed by atoms with Gasteiger partial charge in [0.1, 0.15) is 6.04 Å². The molecular formula is C22H29ClN4O2. The average molecular weight is 417 g/mol. The largest absolute Gasteiger partial charge is 0.325 e. The average Bonchev–Trinajstić information content (AvgIpc) is 2.99. The maximum atomic E-state index is 12.4. The van der Waals surface area contributed by atoms with E-state index in [1.165, 1.54) is 12.8 Å². The van der Waals surface area contributed by atoms with E-state index < -0.39 is 6.04 Å². The zero-order valence-corrected chi connectivity index (χ0v) is 17.5. The minimum absolute atomic E-state index is 0. The van der Waals surface area contributed by atoms with Crippen LogP contribution in [0.1, 0.15) is 42.9 Å². The van der Waals surface area contributed by atoms with Crippen LogP contribution in [0.2, 0.25) is 0 Å². The molecule has 2 aromatic rings. The number of carbonyl (C=O) groups is 2. The topological polar surface area (TPSA) is 87.5 Å². The van der Waals surface area contributed by atoms with Crippen molar-refractivity contribution in [3.8, 4) is 0 Å². The molecule has 1 aliphatic rings. The quantitative estimate of drug-likeness (QED) is 0.687. The summed E-state index contributed by atoms with van der Waals surface area (Å²) in [6.45, 7) is 3.59. The SMILES string of the molecule is Cc1ccc(C(N)C(=O)Nc2ccc(NC(=O)N3CCCCCC3)cc2)cc1.Cl. The van der Waals surface area contributed by atoms with Crippen molar-refractivity contribution in [2.24, 2.45) is 5.73 Å². The molecule has 1 atom stereocenters. The Balaban J connectivity index is 0.00000300. The number of halogens is 1. The molecule has 156 valence electrons. The van der Waals surface area contributed by atoms with Crippen molar-refractivity contribution in [3.63, 3.8) is 0 Å². The summed E-state index contributed by atoms with van der Waals surface area (Å²) in [6, 6.07) is 13.9. The van der Waals surface area contributed by atoms with E-state index in [1.807, 2.05) is 36.1 Å². The molecule has 2 aromatic carbocycles. The second-order valence-electron chi connectivity index (χ2n) is 7.29. The number of rotatable bonds is 4. The Kier molecular flexibility index (Phi) is 8.49. The molecule has 1 unspecified atom stereocenters. The van der Waals surface area contributed by atoms with E-state index in [1.54, 1.807) is 24.3 Å². The van der Waals surface area contributed by atoms with Gasteiger partial charge in [-0.25, -0.2) is 4.79 Å². The molecule has 0 saturated carbocycles. The molecule has 4 N–H and O–H groups in total. The first-order valence-corrected chi connectivity index (χ1v) is 9.82. The van der Waals surface area contributed by atoms with Crippen LogP contribution in [0, 0.1) is 6.92 Å². The highest BCUT2D eigenvalue weighted by Gasteiger charge is 2.17. The highest BCUT2D eigenvalue weighted by Crippen LogP contribution is 2.18. The van der Waals surface area contributed by atoms with E-state index in [4.69, 9.17) is 5.73 Å². The molecule has 1 fully saturated rings. The monoisotopic (exact) mass is 416 g/mol. The first-order chi connectivity index (χ1) is 13.5. The van der Waals surface area contributed by atoms with Gasteiger partial charge < -0.3 is 21.3 Å². The molecular weight excluding hydrogens is 388 g/mol. The molecule has 1 heterocycles. The van der Waals surface area contributed by atoms with Crippen molar-refractivity contribution < 1.29 is 9.59 Å². The van der Waals surface area contributed by atoms with Crippen molar-refractivity contribution in [2.75, 3.05) is 23.7 Å². The zero-order chi connectivity index (χ0) is 19.9. The van der Waals surface area contributed by atoms with E-state index in [9.17, 15) is 9.59 Å². The molecule has 3 rings (SSSR count). The Morgan fingerprint density at radius 3 is 1.93 bits per heavy atom. The van der Waals surface area contributed by atoms with Gasteiger partial charge in [-0.05, 0) is 49.6 Å². The number of nitrogens with one attached hydrogen (secondary N) is 2. The predicted octanol–water partition coefficient (Wildman–Crippen LogP) is 4.46. The number of nitrogens with zero attached hydrogens (tertiary/aromatic N) is 1. The third-order valence-electron chi connectivity index (χ3n) is 5.02. The number of hydrogen-bond donors (Lipinski definition) is 3. The van der Waals surface area contributed by atoms with Crippen molar-refractivity contribution in [1.29, 1.82) is 0 Å². The van der Waals surface area contributed by atoms with Crippen LogP contribution in [0.15, 0.2) is 48.5 Å². The smallest absolute Gasteiger partial charge is 0.321 e. The summed E-state index contributed by atoms with van der Waals surface area (Å²) in [7, 11) is 0. The highest BCUT2D eigenvalue weighted by molar-refractivity contribution is 5.96. The Bertz CT molecular complexity index is 801. The lowest BCUT2D eigenvalue weighted by Gasteiger charge is -2.21. The molecule has 0 spiro atoms. The number of hydrogen-bond acceptors (Lipinski definition) is 3. The molecule has 3 amide bonds. The number of carbonyl (C=O) groups excluding carboxylic acids is 2. The van der Waals surface area contributed by atoms with Crippen LogP contribution in [0.4, 0.5) is 16.2 Å². The number of nitrogens with two attached hydrogens (primary N) is 1. The Morgan fingerprint density at radius 2 is 1.38 bits per heavy atom. The summed E-state index contributed by atoms with van der Waals surface area (Å²) in [6.07, 6.45) is 4.48. The van der Waals surface area contributed by atoms with Crippen LogP contribution >= 0.6 is 12.4 Å². The summed E-state index contributed by atoms with van der Waals surface area (Å²) >= 11 is 0. The molecule has 1 saturated heterocycles. The lowest BCUT2D eigenvalue weighted by molar-refractivity contribution is -0.117. The molecule has 29 heavy (non-hydrogen) atoms. The van der Waals surface area contributed by atoms with Gasteiger partial charge in [0.05, 0.1) is 0 Å². The third-order valence-corrected chi connectivity index (χ3v) is 5.02. The van der Waals surface area contributed by atoms with Gasteiger partial charge in [0.2, 0.25) is 5.91 Å². The fourth-order valence-electron chi connectivity index (χ4n) is 3.26. The minimum Gasteiger partial charge on any atom is -0.325 e. The van der Waals surface area contributed by atoms with Gasteiger partial charge in [0.25, 0.3) is 0 Å². The van der Waals surface area contributed by atoms with Gasteiger partial charge in [0, 0.05) is 24.5 Å². The number of urea groups is 1. The molecule has 7 heteroatoms. The highest BCUT2D eigenvalue weighted by atomic mass is 35.5. The molecule has 6 nitrogen and oxygen atoms in total. The van der Waals surface area contributed by atoms with E-state index in [-0.39, 0.29) is 24.3 Å². The van der Waals surface area contributed by atoms with Gasteiger partial charge >= 0.3 is 6.03 Å². The van der Waals surface area contributed by atoms with Crippen molar-refractivity contribution >= 4 is 35.7 Å². The molecule has 0 radical (unpaired) electrons. The minimum atomic E-state index is -0.733. The van der Waals surface area contributed by atoms with Crippen LogP contribution in [-0.4, -0.2) is 29.9 Å². The van der Waals surface area contributed by atoms with Gasteiger partial charge in [-0.2, -0.15) is 0 Å². The number of aryl methyl sites for hydroxylation is 1. The molecule has 0 aromatic heterocycles. The van der Waals surface area contributed by atoms with Crippen LogP contribution in [0.3, 0.4) is 0 Å². The third kappa shape index (κ3) is 6.48. The molecule has 0 aliphatic carbocycles. The van der Waals surface area contributed by atoms with E-state index in [0.717, 1.165) is 37.1 Å². The second-order valence-corrected chi connectivity index (χ2v) is 7.29. The van der Waals surface area contributed by atoms with Gasteiger partial charge in [-0.3, -0.25) is 4.79 Å². The summed E-state index contributed by atoms with van der Waals surface area (Å²) in [5.74, 6) is -0.273. The normalized spacial score (nSPS) is 14.9. The van der Waals surface area contributed by atoms with Crippen LogP contribution in [-0.2, 0) is 4.79 Å². The predicted molar refractivity (Wildman–Crippen MR) is 119 cm³/mol. The molecule has 1 aliphatic heterocycles. The summed E-state index contributed by atoms with van der Waals surface area (Å²) in [4.78, 5) is 26.6. The van der Waals surface area contributed by atoms with Gasteiger partial charge in [-0.15, -0.1) is 12.4 Å². The standard InChI is InChI=1S/C22H28N4O2.ClH/c1-16-6-8-17(9-7-16)20(23)21(27)24-18-10-12-19(13-11-18)25-22(28)26-14-4-2-3-5-15-26;/h6-13,20H,2-5,14-15,23H2,1H3,(H,24,27)(H,25,28);1H. The Morgan fingerprint density at radius 1 is 0.862 bits per heavy atom. The maximum Gasteiger partial charge on any atom is 0.321 e. The van der Waals surface area contributed by atoms with Gasteiger partial charge in [-0.1, -0.05) is 42.7 Å². The number of likely N-dealkylation sites (tertiary alicyclic amines) is 1. The lowest BCUT2D eigenvalue weighted by atomic mass is 10.1. The maximum absolute atomic E-state index is 12.4. The summed E-state index contributed by atoms with van der Waals surface area (Å²) in [5, 5.41) is 5.74. The van der Waals surface area contributed by atoms with E-state index in [0.29, 0.717) is 11.4 Å². The fraction of sp³-hybridized carbons (Fsp3) is 0.364. The summed E-state index contributed by atoms with van der Waals surface area (Å²) < 4.78 is 0. The van der Waals surface area contributed by atoms with Gasteiger partial charge in [0.15, 0.2) is 0 Å². The number of amides is 3.